The van der Waals surface area contributed by atoms with Gasteiger partial charge in [-0.1, -0.05) is 0 Å². The van der Waals surface area contributed by atoms with Crippen LogP contribution in [-0.4, -0.2) is 64.7 Å². The maximum Gasteiger partial charge on any atom is 0.494 e. The third-order valence-electron chi connectivity index (χ3n) is 3.33. The van der Waals surface area contributed by atoms with Crippen LogP contribution < -0.4 is 5.46 Å². The molecule has 0 radical (unpaired) electrons. The molecule has 7 nitrogen and oxygen atoms in total. The highest BCUT2D eigenvalue weighted by Gasteiger charge is 2.49. The zero-order valence-corrected chi connectivity index (χ0v) is 9.99. The molecule has 3 heterocycles. The van der Waals surface area contributed by atoms with Gasteiger partial charge >= 0.3 is 7.12 Å². The number of ether oxygens (including phenoxy) is 1. The van der Waals surface area contributed by atoms with Crippen molar-refractivity contribution in [3.8, 4) is 0 Å². The SMILES string of the molecule is O[C@@H]1[C@@H](O)[C@@H](O)O[C@@H]1[C@H]1COB(c2ccncc2)O1. The third-order valence-corrected chi connectivity index (χ3v) is 3.33. The number of hydrogen-bond acceptors (Lipinski definition) is 7. The second kappa shape index (κ2) is 5.16. The molecule has 5 atom stereocenters. The van der Waals surface area contributed by atoms with E-state index in [0.717, 1.165) is 5.46 Å². The number of pyridine rings is 1. The highest BCUT2D eigenvalue weighted by atomic mass is 16.7. The monoisotopic (exact) mass is 267 g/mol. The molecule has 0 aromatic carbocycles. The first kappa shape index (κ1) is 13.0. The third kappa shape index (κ3) is 2.38. The Bertz CT molecular complexity index is 434. The Kier molecular flexibility index (Phi) is 3.53. The van der Waals surface area contributed by atoms with Crippen molar-refractivity contribution in [2.45, 2.75) is 30.7 Å². The fourth-order valence-electron chi connectivity index (χ4n) is 2.28. The number of aliphatic hydroxyl groups is 3. The van der Waals surface area contributed by atoms with E-state index in [9.17, 15) is 15.3 Å². The fraction of sp³-hybridized carbons (Fsp3) is 0.545. The number of aliphatic hydroxyl groups excluding tert-OH is 3. The van der Waals surface area contributed by atoms with Crippen molar-refractivity contribution >= 4 is 12.6 Å². The summed E-state index contributed by atoms with van der Waals surface area (Å²) >= 11 is 0. The van der Waals surface area contributed by atoms with Gasteiger partial charge < -0.3 is 29.4 Å². The fourth-order valence-corrected chi connectivity index (χ4v) is 2.28. The lowest BCUT2D eigenvalue weighted by Crippen LogP contribution is -2.41. The van der Waals surface area contributed by atoms with E-state index < -0.39 is 37.8 Å². The zero-order valence-electron chi connectivity index (χ0n) is 9.99. The van der Waals surface area contributed by atoms with Crippen LogP contribution in [0.1, 0.15) is 0 Å². The number of aromatic nitrogens is 1. The lowest BCUT2D eigenvalue weighted by atomic mass is 9.80. The number of hydrogen-bond donors (Lipinski definition) is 3. The van der Waals surface area contributed by atoms with Crippen LogP contribution in [0.2, 0.25) is 0 Å². The second-order valence-corrected chi connectivity index (χ2v) is 4.59. The van der Waals surface area contributed by atoms with Crippen LogP contribution in [0.5, 0.6) is 0 Å². The average Bonchev–Trinajstić information content (AvgIpc) is 3.01. The molecule has 1 aromatic rings. The van der Waals surface area contributed by atoms with E-state index in [-0.39, 0.29) is 6.61 Å². The van der Waals surface area contributed by atoms with E-state index in [4.69, 9.17) is 14.0 Å². The Morgan fingerprint density at radius 3 is 2.53 bits per heavy atom. The largest absolute Gasteiger partial charge is 0.494 e. The van der Waals surface area contributed by atoms with Crippen molar-refractivity contribution in [3.63, 3.8) is 0 Å². The molecule has 2 fully saturated rings. The Morgan fingerprint density at radius 2 is 1.89 bits per heavy atom. The molecule has 0 aliphatic carbocycles. The maximum atomic E-state index is 9.76. The van der Waals surface area contributed by atoms with Crippen LogP contribution in [0.3, 0.4) is 0 Å². The molecule has 0 saturated carbocycles. The van der Waals surface area contributed by atoms with Gasteiger partial charge in [0, 0.05) is 12.4 Å². The van der Waals surface area contributed by atoms with Gasteiger partial charge in [0.2, 0.25) is 0 Å². The topological polar surface area (TPSA) is 101 Å². The minimum Gasteiger partial charge on any atom is -0.405 e. The van der Waals surface area contributed by atoms with E-state index in [0.29, 0.717) is 0 Å². The summed E-state index contributed by atoms with van der Waals surface area (Å²) in [5, 5.41) is 28.6. The van der Waals surface area contributed by atoms with Gasteiger partial charge in [-0.15, -0.1) is 0 Å². The van der Waals surface area contributed by atoms with Crippen LogP contribution in [-0.2, 0) is 14.0 Å². The van der Waals surface area contributed by atoms with Crippen LogP contribution in [0.15, 0.2) is 24.5 Å². The van der Waals surface area contributed by atoms with Crippen molar-refractivity contribution in [2.24, 2.45) is 0 Å². The van der Waals surface area contributed by atoms with Crippen molar-refractivity contribution in [2.75, 3.05) is 6.61 Å². The van der Waals surface area contributed by atoms with Crippen LogP contribution in [0, 0.1) is 0 Å². The van der Waals surface area contributed by atoms with Crippen LogP contribution >= 0.6 is 0 Å². The molecule has 102 valence electrons. The predicted octanol–water partition coefficient (Wildman–Crippen LogP) is -2.37. The molecule has 2 aliphatic rings. The summed E-state index contributed by atoms with van der Waals surface area (Å²) in [6.07, 6.45) is -2.01. The van der Waals surface area contributed by atoms with E-state index in [2.05, 4.69) is 4.98 Å². The molecule has 2 saturated heterocycles. The Hall–Kier alpha value is -1.03. The molecule has 0 unspecified atom stereocenters. The normalized spacial score (nSPS) is 38.9. The van der Waals surface area contributed by atoms with Crippen molar-refractivity contribution in [1.82, 2.24) is 4.98 Å². The molecule has 19 heavy (non-hydrogen) atoms. The standard InChI is InChI=1S/C11H14BNO6/c14-8-9(15)11(16)18-10(8)7-5-17-12(19-7)6-1-3-13-4-2-6/h1-4,7-11,14-16H,5H2/t7-,8-,9-,10-,11+/m1/s1. The zero-order chi connectivity index (χ0) is 13.4. The Labute approximate surface area is 109 Å². The number of rotatable bonds is 2. The average molecular weight is 267 g/mol. The second-order valence-electron chi connectivity index (χ2n) is 4.59. The predicted molar refractivity (Wildman–Crippen MR) is 63.3 cm³/mol. The lowest BCUT2D eigenvalue weighted by Gasteiger charge is -2.20. The summed E-state index contributed by atoms with van der Waals surface area (Å²) < 4.78 is 16.2. The van der Waals surface area contributed by atoms with Gasteiger partial charge in [0.1, 0.15) is 18.3 Å². The Morgan fingerprint density at radius 1 is 1.16 bits per heavy atom. The van der Waals surface area contributed by atoms with Gasteiger partial charge in [-0.05, 0) is 17.6 Å². The van der Waals surface area contributed by atoms with Gasteiger partial charge in [0.25, 0.3) is 0 Å². The highest BCUT2D eigenvalue weighted by molar-refractivity contribution is 6.61. The van der Waals surface area contributed by atoms with Crippen LogP contribution in [0.25, 0.3) is 0 Å². The molecule has 1 aromatic heterocycles. The van der Waals surface area contributed by atoms with Crippen LogP contribution in [0.4, 0.5) is 0 Å². The maximum absolute atomic E-state index is 9.76. The molecule has 3 rings (SSSR count). The molecule has 8 heteroatoms. The first-order valence-electron chi connectivity index (χ1n) is 6.03. The summed E-state index contributed by atoms with van der Waals surface area (Å²) in [7, 11) is -0.557. The molecule has 2 aliphatic heterocycles. The van der Waals surface area contributed by atoms with E-state index in [1.54, 1.807) is 24.5 Å². The summed E-state index contributed by atoms with van der Waals surface area (Å²) in [6, 6.07) is 3.53. The summed E-state index contributed by atoms with van der Waals surface area (Å²) in [6.45, 7) is 0.216. The highest BCUT2D eigenvalue weighted by Crippen LogP contribution is 2.26. The first-order valence-corrected chi connectivity index (χ1v) is 6.03. The Balaban J connectivity index is 1.67. The summed E-state index contributed by atoms with van der Waals surface area (Å²) in [4.78, 5) is 3.90. The molecular formula is C11H14BNO6. The van der Waals surface area contributed by atoms with E-state index in [1.165, 1.54) is 0 Å². The van der Waals surface area contributed by atoms with Gasteiger partial charge in [-0.3, -0.25) is 4.98 Å². The minimum absolute atomic E-state index is 0.216. The minimum atomic E-state index is -1.40. The lowest BCUT2D eigenvalue weighted by molar-refractivity contribution is -0.141. The molecule has 0 spiro atoms. The first-order chi connectivity index (χ1) is 9.16. The van der Waals surface area contributed by atoms with Crippen molar-refractivity contribution < 1.29 is 29.4 Å². The molecule has 3 N–H and O–H groups in total. The van der Waals surface area contributed by atoms with Gasteiger partial charge in [0.15, 0.2) is 6.29 Å². The van der Waals surface area contributed by atoms with Gasteiger partial charge in [0.05, 0.1) is 12.7 Å². The van der Waals surface area contributed by atoms with Crippen molar-refractivity contribution in [3.05, 3.63) is 24.5 Å². The van der Waals surface area contributed by atoms with Gasteiger partial charge in [-0.25, -0.2) is 0 Å². The quantitative estimate of drug-likeness (QED) is 0.515. The van der Waals surface area contributed by atoms with Gasteiger partial charge in [-0.2, -0.15) is 0 Å². The van der Waals surface area contributed by atoms with Crippen molar-refractivity contribution in [1.29, 1.82) is 0 Å². The summed E-state index contributed by atoms with van der Waals surface area (Å²) in [5.41, 5.74) is 0.811. The van der Waals surface area contributed by atoms with E-state index in [1.807, 2.05) is 0 Å². The number of nitrogens with zero attached hydrogens (tertiary/aromatic N) is 1. The van der Waals surface area contributed by atoms with E-state index >= 15 is 0 Å². The molecule has 0 bridgehead atoms. The molecular weight excluding hydrogens is 253 g/mol. The summed E-state index contributed by atoms with van der Waals surface area (Å²) in [5.74, 6) is 0. The molecule has 0 amide bonds. The smallest absolute Gasteiger partial charge is 0.405 e.